The predicted molar refractivity (Wildman–Crippen MR) is 96.6 cm³/mol. The number of fused-ring (bicyclic) bond motifs is 4. The van der Waals surface area contributed by atoms with E-state index in [9.17, 15) is 14.4 Å². The molecule has 4 rings (SSSR count). The number of benzene rings is 1. The van der Waals surface area contributed by atoms with E-state index in [0.717, 1.165) is 23.5 Å². The van der Waals surface area contributed by atoms with E-state index in [-0.39, 0.29) is 18.0 Å². The Balaban J connectivity index is 1.88. The standard InChI is InChI=1S/C18H21N3O3S/c1-11(2)21-16(23)18(15(22)19-17(21)24)9-12-5-3-4-6-13(12)20-7-8-25-10-14(18)20/h3-6,11,14H,7-10H2,1-2H3,(H,19,22,24)/t14-,18+/m0/s1. The maximum Gasteiger partial charge on any atom is 0.331 e. The minimum atomic E-state index is -1.24. The van der Waals surface area contributed by atoms with E-state index in [1.165, 1.54) is 4.90 Å². The van der Waals surface area contributed by atoms with Gasteiger partial charge in [0.25, 0.3) is 0 Å². The molecule has 1 N–H and O–H groups in total. The second kappa shape index (κ2) is 5.76. The van der Waals surface area contributed by atoms with Crippen molar-refractivity contribution in [2.45, 2.75) is 32.4 Å². The third kappa shape index (κ3) is 2.21. The van der Waals surface area contributed by atoms with Crippen LogP contribution in [0.5, 0.6) is 0 Å². The van der Waals surface area contributed by atoms with Gasteiger partial charge in [0, 0.05) is 29.8 Å². The van der Waals surface area contributed by atoms with Crippen LogP contribution in [0.15, 0.2) is 24.3 Å². The van der Waals surface area contributed by atoms with E-state index in [4.69, 9.17) is 0 Å². The van der Waals surface area contributed by atoms with Crippen LogP contribution < -0.4 is 10.2 Å². The van der Waals surface area contributed by atoms with Crippen molar-refractivity contribution in [2.75, 3.05) is 23.0 Å². The van der Waals surface area contributed by atoms with Gasteiger partial charge in [-0.25, -0.2) is 4.79 Å². The number of nitrogens with one attached hydrogen (secondary N) is 1. The van der Waals surface area contributed by atoms with Crippen molar-refractivity contribution in [3.8, 4) is 0 Å². The Labute approximate surface area is 150 Å². The molecule has 0 bridgehead atoms. The number of nitrogens with zero attached hydrogens (tertiary/aromatic N) is 2. The molecule has 6 nitrogen and oxygen atoms in total. The fourth-order valence-corrected chi connectivity index (χ4v) is 5.43. The quantitative estimate of drug-likeness (QED) is 0.772. The van der Waals surface area contributed by atoms with Gasteiger partial charge in [0.15, 0.2) is 5.41 Å². The minimum Gasteiger partial charge on any atom is -0.365 e. The molecule has 2 fully saturated rings. The number of barbiturate groups is 1. The van der Waals surface area contributed by atoms with Gasteiger partial charge in [0.2, 0.25) is 11.8 Å². The molecule has 0 saturated carbocycles. The SMILES string of the molecule is CC(C)N1C(=O)NC(=O)[C@]2(Cc3ccccc3N3CCSC[C@H]32)C1=O. The van der Waals surface area contributed by atoms with Gasteiger partial charge in [0.1, 0.15) is 0 Å². The molecule has 1 aromatic rings. The van der Waals surface area contributed by atoms with Crippen LogP contribution in [0.1, 0.15) is 19.4 Å². The Hall–Kier alpha value is -2.02. The lowest BCUT2D eigenvalue weighted by Gasteiger charge is -2.53. The number of anilines is 1. The maximum atomic E-state index is 13.4. The summed E-state index contributed by atoms with van der Waals surface area (Å²) < 4.78 is 0. The van der Waals surface area contributed by atoms with Gasteiger partial charge < -0.3 is 4.90 Å². The second-order valence-corrected chi connectivity index (χ2v) is 8.24. The molecule has 0 unspecified atom stereocenters. The lowest BCUT2D eigenvalue weighted by Crippen LogP contribution is -2.74. The van der Waals surface area contributed by atoms with E-state index in [0.29, 0.717) is 12.2 Å². The fraction of sp³-hybridized carbons (Fsp3) is 0.500. The van der Waals surface area contributed by atoms with Gasteiger partial charge >= 0.3 is 6.03 Å². The average molecular weight is 359 g/mol. The molecule has 3 heterocycles. The molecule has 0 radical (unpaired) electrons. The number of imide groups is 2. The van der Waals surface area contributed by atoms with Crippen molar-refractivity contribution in [1.29, 1.82) is 0 Å². The summed E-state index contributed by atoms with van der Waals surface area (Å²) in [5.74, 6) is 0.853. The molecule has 1 spiro atoms. The van der Waals surface area contributed by atoms with Crippen LogP contribution in [0.4, 0.5) is 10.5 Å². The second-order valence-electron chi connectivity index (χ2n) is 7.09. The largest absolute Gasteiger partial charge is 0.365 e. The predicted octanol–water partition coefficient (Wildman–Crippen LogP) is 1.64. The molecular formula is C18H21N3O3S. The zero-order chi connectivity index (χ0) is 17.8. The van der Waals surface area contributed by atoms with Crippen molar-refractivity contribution in [1.82, 2.24) is 10.2 Å². The van der Waals surface area contributed by atoms with Crippen LogP contribution >= 0.6 is 11.8 Å². The summed E-state index contributed by atoms with van der Waals surface area (Å²) in [6, 6.07) is 6.82. The summed E-state index contributed by atoms with van der Waals surface area (Å²) in [6.07, 6.45) is 0.339. The first-order chi connectivity index (χ1) is 12.0. The van der Waals surface area contributed by atoms with Crippen LogP contribution in [0.2, 0.25) is 0 Å². The molecule has 3 aliphatic rings. The van der Waals surface area contributed by atoms with Crippen LogP contribution in [-0.2, 0) is 16.0 Å². The van der Waals surface area contributed by atoms with E-state index >= 15 is 0 Å². The molecule has 2 atom stereocenters. The Kier molecular flexibility index (Phi) is 3.79. The summed E-state index contributed by atoms with van der Waals surface area (Å²) in [7, 11) is 0. The van der Waals surface area contributed by atoms with Gasteiger partial charge in [-0.05, 0) is 31.9 Å². The molecule has 7 heteroatoms. The molecule has 25 heavy (non-hydrogen) atoms. The number of thioether (sulfide) groups is 1. The number of para-hydroxylation sites is 1. The van der Waals surface area contributed by atoms with Crippen molar-refractivity contribution in [2.24, 2.45) is 5.41 Å². The van der Waals surface area contributed by atoms with Crippen molar-refractivity contribution >= 4 is 35.3 Å². The highest BCUT2D eigenvalue weighted by atomic mass is 32.2. The summed E-state index contributed by atoms with van der Waals surface area (Å²) in [5, 5.41) is 2.46. The highest BCUT2D eigenvalue weighted by molar-refractivity contribution is 7.99. The third-order valence-electron chi connectivity index (χ3n) is 5.43. The first-order valence-electron chi connectivity index (χ1n) is 8.58. The first kappa shape index (κ1) is 16.4. The number of carbonyl (C=O) groups is 3. The molecule has 132 valence electrons. The van der Waals surface area contributed by atoms with E-state index in [2.05, 4.69) is 16.3 Å². The number of urea groups is 1. The highest BCUT2D eigenvalue weighted by Crippen LogP contribution is 2.46. The summed E-state index contributed by atoms with van der Waals surface area (Å²) in [6.45, 7) is 4.39. The zero-order valence-corrected chi connectivity index (χ0v) is 15.1. The third-order valence-corrected chi connectivity index (χ3v) is 6.45. The zero-order valence-electron chi connectivity index (χ0n) is 14.3. The molecule has 0 aliphatic carbocycles. The van der Waals surface area contributed by atoms with E-state index in [1.807, 2.05) is 18.2 Å². The Morgan fingerprint density at radius 2 is 2.00 bits per heavy atom. The number of amides is 4. The van der Waals surface area contributed by atoms with Gasteiger partial charge in [-0.3, -0.25) is 19.8 Å². The summed E-state index contributed by atoms with van der Waals surface area (Å²) in [4.78, 5) is 42.1. The normalized spacial score (nSPS) is 28.9. The maximum absolute atomic E-state index is 13.4. The number of rotatable bonds is 1. The smallest absolute Gasteiger partial charge is 0.331 e. The number of carbonyl (C=O) groups excluding carboxylic acids is 3. The van der Waals surface area contributed by atoms with E-state index < -0.39 is 17.4 Å². The Morgan fingerprint density at radius 3 is 2.76 bits per heavy atom. The monoisotopic (exact) mass is 359 g/mol. The van der Waals surface area contributed by atoms with Crippen LogP contribution in [-0.4, -0.2) is 52.9 Å². The first-order valence-corrected chi connectivity index (χ1v) is 9.73. The summed E-state index contributed by atoms with van der Waals surface area (Å²) >= 11 is 1.76. The fourth-order valence-electron chi connectivity index (χ4n) is 4.25. The molecular weight excluding hydrogens is 338 g/mol. The van der Waals surface area contributed by atoms with Gasteiger partial charge in [0.05, 0.1) is 6.04 Å². The molecule has 2 saturated heterocycles. The van der Waals surface area contributed by atoms with Gasteiger partial charge in [-0.15, -0.1) is 0 Å². The Morgan fingerprint density at radius 1 is 1.24 bits per heavy atom. The van der Waals surface area contributed by atoms with Gasteiger partial charge in [-0.1, -0.05) is 18.2 Å². The molecule has 0 aromatic heterocycles. The topological polar surface area (TPSA) is 69.7 Å². The highest BCUT2D eigenvalue weighted by Gasteiger charge is 2.62. The Bertz CT molecular complexity index is 766. The summed E-state index contributed by atoms with van der Waals surface area (Å²) in [5.41, 5.74) is 0.860. The van der Waals surface area contributed by atoms with E-state index in [1.54, 1.807) is 25.6 Å². The number of hydrogen-bond acceptors (Lipinski definition) is 5. The van der Waals surface area contributed by atoms with Crippen molar-refractivity contribution < 1.29 is 14.4 Å². The molecule has 4 amide bonds. The lowest BCUT2D eigenvalue weighted by molar-refractivity contribution is -0.154. The van der Waals surface area contributed by atoms with Crippen LogP contribution in [0.25, 0.3) is 0 Å². The van der Waals surface area contributed by atoms with Crippen LogP contribution in [0, 0.1) is 5.41 Å². The molecule has 1 aromatic carbocycles. The van der Waals surface area contributed by atoms with Crippen molar-refractivity contribution in [3.05, 3.63) is 29.8 Å². The lowest BCUT2D eigenvalue weighted by atomic mass is 9.68. The average Bonchev–Trinajstić information content (AvgIpc) is 2.59. The van der Waals surface area contributed by atoms with Crippen LogP contribution in [0.3, 0.4) is 0 Å². The number of hydrogen-bond donors (Lipinski definition) is 1. The minimum absolute atomic E-state index is 0.233. The van der Waals surface area contributed by atoms with Crippen molar-refractivity contribution in [3.63, 3.8) is 0 Å². The van der Waals surface area contributed by atoms with Gasteiger partial charge in [-0.2, -0.15) is 11.8 Å². The molecule has 3 aliphatic heterocycles.